The summed E-state index contributed by atoms with van der Waals surface area (Å²) in [5.41, 5.74) is 0.604. The molecule has 1 aromatic carbocycles. The Morgan fingerprint density at radius 1 is 1.32 bits per heavy atom. The molecule has 0 aliphatic carbocycles. The first-order valence-electron chi connectivity index (χ1n) is 6.38. The van der Waals surface area contributed by atoms with Crippen LogP contribution in [0.25, 0.3) is 0 Å². The summed E-state index contributed by atoms with van der Waals surface area (Å²) in [5.74, 6) is 0. The quantitative estimate of drug-likeness (QED) is 0.904. The van der Waals surface area contributed by atoms with Crippen molar-refractivity contribution in [2.45, 2.75) is 24.3 Å². The van der Waals surface area contributed by atoms with Gasteiger partial charge in [-0.2, -0.15) is 4.31 Å². The Kier molecular flexibility index (Phi) is 4.57. The number of aliphatic hydroxyl groups is 1. The van der Waals surface area contributed by atoms with Gasteiger partial charge in [-0.3, -0.25) is 0 Å². The van der Waals surface area contributed by atoms with Crippen LogP contribution in [0.3, 0.4) is 0 Å². The maximum atomic E-state index is 12.5. The van der Waals surface area contributed by atoms with Gasteiger partial charge in [-0.05, 0) is 31.0 Å². The Morgan fingerprint density at radius 3 is 2.84 bits per heavy atom. The van der Waals surface area contributed by atoms with Crippen LogP contribution >= 0.6 is 0 Å². The highest BCUT2D eigenvalue weighted by atomic mass is 32.2. The van der Waals surface area contributed by atoms with Gasteiger partial charge in [0.05, 0.1) is 17.6 Å². The molecule has 0 saturated carbocycles. The van der Waals surface area contributed by atoms with Crippen molar-refractivity contribution in [2.24, 2.45) is 0 Å². The Labute approximate surface area is 113 Å². The minimum Gasteiger partial charge on any atom is -0.389 e. The number of nitrogens with zero attached hydrogens (tertiary/aromatic N) is 1. The molecule has 1 unspecified atom stereocenters. The molecule has 0 radical (unpaired) electrons. The molecule has 1 N–H and O–H groups in total. The SMILES string of the molecule is CC(O)c1cccc(S(=O)(=O)N2CCCOCC2)c1. The zero-order valence-corrected chi connectivity index (χ0v) is 11.8. The minimum absolute atomic E-state index is 0.229. The van der Waals surface area contributed by atoms with Crippen molar-refractivity contribution in [3.8, 4) is 0 Å². The van der Waals surface area contributed by atoms with Gasteiger partial charge in [-0.1, -0.05) is 12.1 Å². The van der Waals surface area contributed by atoms with E-state index < -0.39 is 16.1 Å². The van der Waals surface area contributed by atoms with Crippen molar-refractivity contribution < 1.29 is 18.3 Å². The van der Waals surface area contributed by atoms with Crippen molar-refractivity contribution in [2.75, 3.05) is 26.3 Å². The van der Waals surface area contributed by atoms with Crippen LogP contribution in [0, 0.1) is 0 Å². The molecule has 1 aliphatic rings. The molecule has 1 aromatic rings. The fourth-order valence-corrected chi connectivity index (χ4v) is 3.57. The second-order valence-corrected chi connectivity index (χ2v) is 6.56. The van der Waals surface area contributed by atoms with Crippen LogP contribution in [0.2, 0.25) is 0 Å². The van der Waals surface area contributed by atoms with Crippen LogP contribution < -0.4 is 0 Å². The number of ether oxygens (including phenoxy) is 1. The van der Waals surface area contributed by atoms with Gasteiger partial charge >= 0.3 is 0 Å². The lowest BCUT2D eigenvalue weighted by Gasteiger charge is -2.19. The Hall–Kier alpha value is -0.950. The van der Waals surface area contributed by atoms with E-state index in [1.165, 1.54) is 10.4 Å². The van der Waals surface area contributed by atoms with Gasteiger partial charge in [0.25, 0.3) is 0 Å². The first-order chi connectivity index (χ1) is 9.01. The second kappa shape index (κ2) is 6.00. The monoisotopic (exact) mass is 285 g/mol. The minimum atomic E-state index is -3.50. The van der Waals surface area contributed by atoms with Crippen molar-refractivity contribution in [3.63, 3.8) is 0 Å². The van der Waals surface area contributed by atoms with Crippen molar-refractivity contribution >= 4 is 10.0 Å². The Bertz CT molecular complexity index is 519. The van der Waals surface area contributed by atoms with Crippen LogP contribution in [0.4, 0.5) is 0 Å². The average Bonchev–Trinajstić information content (AvgIpc) is 2.68. The lowest BCUT2D eigenvalue weighted by Crippen LogP contribution is -2.33. The predicted octanol–water partition coefficient (Wildman–Crippen LogP) is 1.15. The molecule has 19 heavy (non-hydrogen) atoms. The lowest BCUT2D eigenvalue weighted by molar-refractivity contribution is 0.148. The number of hydrogen-bond donors (Lipinski definition) is 1. The van der Waals surface area contributed by atoms with E-state index >= 15 is 0 Å². The van der Waals surface area contributed by atoms with Crippen LogP contribution in [0.15, 0.2) is 29.2 Å². The van der Waals surface area contributed by atoms with E-state index in [0.29, 0.717) is 38.3 Å². The smallest absolute Gasteiger partial charge is 0.243 e. The summed E-state index contributed by atoms with van der Waals surface area (Å²) in [6.07, 6.45) is 0.0256. The summed E-state index contributed by atoms with van der Waals surface area (Å²) < 4.78 is 31.7. The van der Waals surface area contributed by atoms with Gasteiger partial charge in [0.15, 0.2) is 0 Å². The largest absolute Gasteiger partial charge is 0.389 e. The normalized spacial score (nSPS) is 19.9. The van der Waals surface area contributed by atoms with Gasteiger partial charge in [-0.15, -0.1) is 0 Å². The van der Waals surface area contributed by atoms with Gasteiger partial charge in [0, 0.05) is 19.7 Å². The third-order valence-electron chi connectivity index (χ3n) is 3.16. The molecule has 0 spiro atoms. The molecule has 5 nitrogen and oxygen atoms in total. The van der Waals surface area contributed by atoms with Gasteiger partial charge in [0.2, 0.25) is 10.0 Å². The molecule has 1 saturated heterocycles. The van der Waals surface area contributed by atoms with Crippen LogP contribution in [0.1, 0.15) is 25.0 Å². The van der Waals surface area contributed by atoms with Crippen LogP contribution in [-0.2, 0) is 14.8 Å². The molecule has 6 heteroatoms. The second-order valence-electron chi connectivity index (χ2n) is 4.62. The standard InChI is InChI=1S/C13H19NO4S/c1-11(15)12-4-2-5-13(10-12)19(16,17)14-6-3-8-18-9-7-14/h2,4-5,10-11,15H,3,6-9H2,1H3. The van der Waals surface area contributed by atoms with E-state index in [1.54, 1.807) is 25.1 Å². The highest BCUT2D eigenvalue weighted by molar-refractivity contribution is 7.89. The molecule has 1 aliphatic heterocycles. The maximum Gasteiger partial charge on any atom is 0.243 e. The Morgan fingerprint density at radius 2 is 2.11 bits per heavy atom. The topological polar surface area (TPSA) is 66.8 Å². The molecule has 0 bridgehead atoms. The van der Waals surface area contributed by atoms with E-state index in [-0.39, 0.29) is 4.90 Å². The lowest BCUT2D eigenvalue weighted by atomic mass is 10.1. The first kappa shape index (κ1) is 14.5. The summed E-state index contributed by atoms with van der Waals surface area (Å²) in [6.45, 7) is 3.49. The summed E-state index contributed by atoms with van der Waals surface area (Å²) >= 11 is 0. The highest BCUT2D eigenvalue weighted by Crippen LogP contribution is 2.21. The van der Waals surface area contributed by atoms with E-state index in [9.17, 15) is 13.5 Å². The molecule has 2 rings (SSSR count). The molecule has 1 heterocycles. The van der Waals surface area contributed by atoms with Crippen molar-refractivity contribution in [1.29, 1.82) is 0 Å². The van der Waals surface area contributed by atoms with Gasteiger partial charge < -0.3 is 9.84 Å². The third kappa shape index (κ3) is 3.33. The number of rotatable bonds is 3. The molecular formula is C13H19NO4S. The highest BCUT2D eigenvalue weighted by Gasteiger charge is 2.25. The van der Waals surface area contributed by atoms with E-state index in [0.717, 1.165) is 0 Å². The summed E-state index contributed by atoms with van der Waals surface area (Å²) in [6, 6.07) is 6.47. The molecule has 1 fully saturated rings. The van der Waals surface area contributed by atoms with Crippen molar-refractivity contribution in [1.82, 2.24) is 4.31 Å². The molecule has 1 atom stereocenters. The fourth-order valence-electron chi connectivity index (χ4n) is 2.05. The van der Waals surface area contributed by atoms with Gasteiger partial charge in [-0.25, -0.2) is 8.42 Å². The van der Waals surface area contributed by atoms with E-state index in [4.69, 9.17) is 4.74 Å². The zero-order chi connectivity index (χ0) is 13.9. The fraction of sp³-hybridized carbons (Fsp3) is 0.538. The predicted molar refractivity (Wildman–Crippen MR) is 71.3 cm³/mol. The molecule has 0 amide bonds. The van der Waals surface area contributed by atoms with Crippen LogP contribution in [0.5, 0.6) is 0 Å². The Balaban J connectivity index is 2.30. The van der Waals surface area contributed by atoms with Gasteiger partial charge in [0.1, 0.15) is 0 Å². The van der Waals surface area contributed by atoms with E-state index in [2.05, 4.69) is 0 Å². The summed E-state index contributed by atoms with van der Waals surface area (Å²) in [5, 5.41) is 9.54. The number of sulfonamides is 1. The summed E-state index contributed by atoms with van der Waals surface area (Å²) in [7, 11) is -3.50. The van der Waals surface area contributed by atoms with Crippen molar-refractivity contribution in [3.05, 3.63) is 29.8 Å². The first-order valence-corrected chi connectivity index (χ1v) is 7.82. The third-order valence-corrected chi connectivity index (χ3v) is 5.05. The zero-order valence-electron chi connectivity index (χ0n) is 10.9. The molecular weight excluding hydrogens is 266 g/mol. The number of hydrogen-bond acceptors (Lipinski definition) is 4. The number of benzene rings is 1. The van der Waals surface area contributed by atoms with Crippen LogP contribution in [-0.4, -0.2) is 44.1 Å². The molecule has 106 valence electrons. The average molecular weight is 285 g/mol. The molecule has 0 aromatic heterocycles. The maximum absolute atomic E-state index is 12.5. The van der Waals surface area contributed by atoms with E-state index in [1.807, 2.05) is 0 Å². The number of aliphatic hydroxyl groups excluding tert-OH is 1. The summed E-state index contributed by atoms with van der Waals surface area (Å²) in [4.78, 5) is 0.229.